The van der Waals surface area contributed by atoms with Gasteiger partial charge in [-0.15, -0.1) is 0 Å². The number of hydrogen-bond donors (Lipinski definition) is 1. The molecule has 0 aliphatic carbocycles. The average Bonchev–Trinajstić information content (AvgIpc) is 2.45. The fraction of sp³-hybridized carbons (Fsp3) is 0.429. The Balaban J connectivity index is 2.94. The number of rotatable bonds is 6. The van der Waals surface area contributed by atoms with Gasteiger partial charge in [0, 0.05) is 36.0 Å². The van der Waals surface area contributed by atoms with Crippen molar-refractivity contribution in [2.45, 2.75) is 26.7 Å². The number of carbonyl (C=O) groups excluding carboxylic acids is 2. The van der Waals surface area contributed by atoms with E-state index in [1.807, 2.05) is 18.7 Å². The Morgan fingerprint density at radius 2 is 1.74 bits per heavy atom. The first-order valence-corrected chi connectivity index (χ1v) is 6.82. The summed E-state index contributed by atoms with van der Waals surface area (Å²) in [4.78, 5) is 27.6. The van der Waals surface area contributed by atoms with Crippen molar-refractivity contribution in [3.8, 4) is 0 Å². The zero-order valence-electron chi connectivity index (χ0n) is 11.3. The summed E-state index contributed by atoms with van der Waals surface area (Å²) in [5.41, 5.74) is 0.897. The summed E-state index contributed by atoms with van der Waals surface area (Å²) in [5.74, 6) is -0.457. The van der Waals surface area contributed by atoms with Crippen LogP contribution in [0, 0.1) is 0 Å². The van der Waals surface area contributed by atoms with Crippen LogP contribution in [0.5, 0.6) is 0 Å². The van der Waals surface area contributed by atoms with Gasteiger partial charge in [0.25, 0.3) is 11.8 Å². The van der Waals surface area contributed by atoms with Crippen LogP contribution in [0.25, 0.3) is 0 Å². The zero-order valence-corrected chi connectivity index (χ0v) is 12.0. The number of hydrogen-bond acceptors (Lipinski definition) is 2. The summed E-state index contributed by atoms with van der Waals surface area (Å²) in [7, 11) is 0. The van der Waals surface area contributed by atoms with Crippen LogP contribution in [0.1, 0.15) is 47.4 Å². The lowest BCUT2D eigenvalue weighted by molar-refractivity contribution is 0.0755. The standard InChI is InChI=1S/C14H19ClN2O2/c1-3-8-17(9-4-2)14(19)12-7-5-6-11(10-12)13(18)16-15/h5-7,10H,3-4,8-9H2,1-2H3,(H,16,18). The van der Waals surface area contributed by atoms with Crippen LogP contribution >= 0.6 is 11.8 Å². The second-order valence-corrected chi connectivity index (χ2v) is 4.49. The highest BCUT2D eigenvalue weighted by molar-refractivity contribution is 6.24. The normalized spacial score (nSPS) is 10.1. The molecule has 0 unspecified atom stereocenters. The molecule has 2 amide bonds. The van der Waals surface area contributed by atoms with Crippen molar-refractivity contribution >= 4 is 23.6 Å². The summed E-state index contributed by atoms with van der Waals surface area (Å²) < 4.78 is 0. The Morgan fingerprint density at radius 1 is 1.16 bits per heavy atom. The molecule has 0 aliphatic rings. The van der Waals surface area contributed by atoms with Gasteiger partial charge in [-0.3, -0.25) is 14.4 Å². The van der Waals surface area contributed by atoms with Crippen LogP contribution in [-0.4, -0.2) is 29.8 Å². The topological polar surface area (TPSA) is 49.4 Å². The molecule has 5 heteroatoms. The lowest BCUT2D eigenvalue weighted by atomic mass is 10.1. The van der Waals surface area contributed by atoms with E-state index in [2.05, 4.69) is 0 Å². The summed E-state index contributed by atoms with van der Waals surface area (Å²) in [6.07, 6.45) is 1.82. The third kappa shape index (κ3) is 4.24. The van der Waals surface area contributed by atoms with Crippen molar-refractivity contribution in [1.82, 2.24) is 9.74 Å². The summed E-state index contributed by atoms with van der Waals surface area (Å²) >= 11 is 5.29. The summed E-state index contributed by atoms with van der Waals surface area (Å²) in [6.45, 7) is 5.51. The number of nitrogens with one attached hydrogen (secondary N) is 1. The molecule has 1 aromatic carbocycles. The maximum atomic E-state index is 12.3. The Bertz CT molecular complexity index is 443. The first kappa shape index (κ1) is 15.5. The third-order valence-corrected chi connectivity index (χ3v) is 2.90. The van der Waals surface area contributed by atoms with Crippen LogP contribution in [0.4, 0.5) is 0 Å². The van der Waals surface area contributed by atoms with Crippen molar-refractivity contribution in [1.29, 1.82) is 0 Å². The molecule has 0 aliphatic heterocycles. The molecule has 0 saturated heterocycles. The third-order valence-electron chi connectivity index (χ3n) is 2.73. The second kappa shape index (κ2) is 7.79. The molecule has 0 fully saturated rings. The van der Waals surface area contributed by atoms with E-state index in [4.69, 9.17) is 11.8 Å². The molecule has 19 heavy (non-hydrogen) atoms. The molecule has 0 radical (unpaired) electrons. The SMILES string of the molecule is CCCN(CCC)C(=O)c1cccc(C(=O)NCl)c1. The molecular formula is C14H19ClN2O2. The number of nitrogens with zero attached hydrogens (tertiary/aromatic N) is 1. The van der Waals surface area contributed by atoms with E-state index in [1.54, 1.807) is 29.2 Å². The molecule has 0 spiro atoms. The van der Waals surface area contributed by atoms with E-state index in [9.17, 15) is 9.59 Å². The molecule has 4 nitrogen and oxygen atoms in total. The second-order valence-electron chi connectivity index (χ2n) is 4.30. The van der Waals surface area contributed by atoms with E-state index >= 15 is 0 Å². The van der Waals surface area contributed by atoms with Gasteiger partial charge in [0.15, 0.2) is 0 Å². The molecule has 0 heterocycles. The van der Waals surface area contributed by atoms with E-state index < -0.39 is 5.91 Å². The molecule has 0 atom stereocenters. The molecule has 1 aromatic rings. The van der Waals surface area contributed by atoms with Gasteiger partial charge in [-0.25, -0.2) is 0 Å². The Kier molecular flexibility index (Phi) is 6.36. The molecule has 1 rings (SSSR count). The van der Waals surface area contributed by atoms with Gasteiger partial charge < -0.3 is 4.90 Å². The van der Waals surface area contributed by atoms with E-state index in [-0.39, 0.29) is 5.91 Å². The number of halogens is 1. The van der Waals surface area contributed by atoms with Gasteiger partial charge in [0.1, 0.15) is 0 Å². The fourth-order valence-corrected chi connectivity index (χ4v) is 1.99. The van der Waals surface area contributed by atoms with Gasteiger partial charge >= 0.3 is 0 Å². The molecular weight excluding hydrogens is 264 g/mol. The largest absolute Gasteiger partial charge is 0.339 e. The Hall–Kier alpha value is -1.55. The number of benzene rings is 1. The lowest BCUT2D eigenvalue weighted by Crippen LogP contribution is -2.32. The van der Waals surface area contributed by atoms with Crippen molar-refractivity contribution in [3.05, 3.63) is 35.4 Å². The number of amides is 2. The average molecular weight is 283 g/mol. The Morgan fingerprint density at radius 3 is 2.26 bits per heavy atom. The minimum Gasteiger partial charge on any atom is -0.339 e. The molecule has 0 aromatic heterocycles. The lowest BCUT2D eigenvalue weighted by Gasteiger charge is -2.21. The van der Waals surface area contributed by atoms with Crippen LogP contribution < -0.4 is 4.84 Å². The highest BCUT2D eigenvalue weighted by Crippen LogP contribution is 2.10. The Labute approximate surface area is 118 Å². The fourth-order valence-electron chi connectivity index (χ4n) is 1.89. The highest BCUT2D eigenvalue weighted by atomic mass is 35.5. The predicted molar refractivity (Wildman–Crippen MR) is 76.2 cm³/mol. The highest BCUT2D eigenvalue weighted by Gasteiger charge is 2.15. The predicted octanol–water partition coefficient (Wildman–Crippen LogP) is 2.83. The van der Waals surface area contributed by atoms with Crippen LogP contribution in [0.15, 0.2) is 24.3 Å². The van der Waals surface area contributed by atoms with Crippen LogP contribution in [-0.2, 0) is 0 Å². The van der Waals surface area contributed by atoms with Gasteiger partial charge in [0.2, 0.25) is 0 Å². The summed E-state index contributed by atoms with van der Waals surface area (Å²) in [5, 5.41) is 0. The van der Waals surface area contributed by atoms with Gasteiger partial charge in [-0.1, -0.05) is 19.9 Å². The first-order chi connectivity index (χ1) is 9.13. The minimum absolute atomic E-state index is 0.0482. The maximum absolute atomic E-state index is 12.3. The van der Waals surface area contributed by atoms with Gasteiger partial charge in [-0.05, 0) is 31.0 Å². The van der Waals surface area contributed by atoms with E-state index in [0.717, 1.165) is 25.9 Å². The minimum atomic E-state index is -0.408. The smallest absolute Gasteiger partial charge is 0.265 e. The van der Waals surface area contributed by atoms with Crippen molar-refractivity contribution in [2.24, 2.45) is 0 Å². The van der Waals surface area contributed by atoms with Crippen molar-refractivity contribution in [3.63, 3.8) is 0 Å². The van der Waals surface area contributed by atoms with Crippen molar-refractivity contribution in [2.75, 3.05) is 13.1 Å². The monoisotopic (exact) mass is 282 g/mol. The quantitative estimate of drug-likeness (QED) is 0.816. The first-order valence-electron chi connectivity index (χ1n) is 6.44. The summed E-state index contributed by atoms with van der Waals surface area (Å²) in [6, 6.07) is 6.59. The van der Waals surface area contributed by atoms with Crippen LogP contribution in [0.3, 0.4) is 0 Å². The maximum Gasteiger partial charge on any atom is 0.265 e. The number of carbonyl (C=O) groups is 2. The molecule has 0 bridgehead atoms. The van der Waals surface area contributed by atoms with Gasteiger partial charge in [0.05, 0.1) is 0 Å². The molecule has 1 N–H and O–H groups in total. The van der Waals surface area contributed by atoms with E-state index in [1.165, 1.54) is 0 Å². The van der Waals surface area contributed by atoms with Crippen molar-refractivity contribution < 1.29 is 9.59 Å². The zero-order chi connectivity index (χ0) is 14.3. The van der Waals surface area contributed by atoms with E-state index in [0.29, 0.717) is 11.1 Å². The molecule has 104 valence electrons. The van der Waals surface area contributed by atoms with Crippen LogP contribution in [0.2, 0.25) is 0 Å². The molecule has 0 saturated carbocycles. The van der Waals surface area contributed by atoms with Gasteiger partial charge in [-0.2, -0.15) is 0 Å².